The molecule has 0 bridgehead atoms. The number of aryl methyl sites for hydroxylation is 2. The first kappa shape index (κ1) is 12.3. The van der Waals surface area contributed by atoms with E-state index >= 15 is 0 Å². The molecule has 0 aliphatic rings. The molecule has 0 saturated carbocycles. The first-order chi connectivity index (χ1) is 8.69. The highest BCUT2D eigenvalue weighted by Gasteiger charge is 2.01. The molecule has 90 valence electrons. The molecule has 2 heteroatoms. The molecule has 0 aliphatic heterocycles. The Bertz CT molecular complexity index is 610. The number of rotatable bonds is 3. The monoisotopic (exact) mass is 237 g/mol. The van der Waals surface area contributed by atoms with Crippen molar-refractivity contribution >= 4 is 11.8 Å². The van der Waals surface area contributed by atoms with Gasteiger partial charge in [0.25, 0.3) is 0 Å². The van der Waals surface area contributed by atoms with Gasteiger partial charge in [-0.2, -0.15) is 4.99 Å². The molecule has 0 spiro atoms. The Kier molecular flexibility index (Phi) is 3.71. The van der Waals surface area contributed by atoms with Crippen molar-refractivity contribution in [2.75, 3.05) is 0 Å². The molecule has 0 aliphatic carbocycles. The molecule has 0 unspecified atom stereocenters. The lowest BCUT2D eigenvalue weighted by molar-refractivity contribution is 0.565. The Balaban J connectivity index is 2.25. The van der Waals surface area contributed by atoms with E-state index in [4.69, 9.17) is 0 Å². The van der Waals surface area contributed by atoms with Gasteiger partial charge in [0, 0.05) is 0 Å². The Morgan fingerprint density at radius 3 is 2.50 bits per heavy atom. The van der Waals surface area contributed by atoms with Crippen LogP contribution in [-0.4, -0.2) is 6.08 Å². The molecule has 18 heavy (non-hydrogen) atoms. The van der Waals surface area contributed by atoms with E-state index in [1.165, 1.54) is 16.7 Å². The molecule has 0 amide bonds. The highest BCUT2D eigenvalue weighted by molar-refractivity contribution is 5.54. The van der Waals surface area contributed by atoms with Crippen LogP contribution < -0.4 is 0 Å². The number of carbonyl (C=O) groups excluding carboxylic acids is 1. The van der Waals surface area contributed by atoms with Crippen molar-refractivity contribution < 1.29 is 4.79 Å². The molecule has 0 saturated heterocycles. The minimum Gasteiger partial charge on any atom is -0.211 e. The van der Waals surface area contributed by atoms with Crippen molar-refractivity contribution in [3.05, 3.63) is 64.7 Å². The summed E-state index contributed by atoms with van der Waals surface area (Å²) in [5.74, 6) is 0. The summed E-state index contributed by atoms with van der Waals surface area (Å²) in [6.07, 6.45) is 2.47. The number of hydrogen-bond donors (Lipinski definition) is 0. The van der Waals surface area contributed by atoms with Crippen LogP contribution in [0.4, 0.5) is 5.69 Å². The van der Waals surface area contributed by atoms with E-state index in [1.807, 2.05) is 19.1 Å². The second-order valence-corrected chi connectivity index (χ2v) is 4.49. The van der Waals surface area contributed by atoms with Crippen molar-refractivity contribution in [3.63, 3.8) is 0 Å². The van der Waals surface area contributed by atoms with Gasteiger partial charge in [-0.05, 0) is 43.0 Å². The molecular formula is C16H15NO. The Morgan fingerprint density at radius 1 is 1.06 bits per heavy atom. The van der Waals surface area contributed by atoms with Crippen LogP contribution in [0, 0.1) is 13.8 Å². The van der Waals surface area contributed by atoms with E-state index in [0.717, 1.165) is 12.0 Å². The molecule has 0 fully saturated rings. The van der Waals surface area contributed by atoms with Gasteiger partial charge in [0.2, 0.25) is 6.08 Å². The SMILES string of the molecule is Cc1cccc(Cc2ccc(N=C=O)c(C)c2)c1. The van der Waals surface area contributed by atoms with Gasteiger partial charge in [-0.25, -0.2) is 4.79 Å². The maximum absolute atomic E-state index is 10.2. The van der Waals surface area contributed by atoms with E-state index < -0.39 is 0 Å². The third kappa shape index (κ3) is 2.93. The first-order valence-electron chi connectivity index (χ1n) is 5.92. The quantitative estimate of drug-likeness (QED) is 0.588. The molecule has 2 nitrogen and oxygen atoms in total. The van der Waals surface area contributed by atoms with Crippen LogP contribution in [-0.2, 0) is 11.2 Å². The second-order valence-electron chi connectivity index (χ2n) is 4.49. The zero-order chi connectivity index (χ0) is 13.0. The van der Waals surface area contributed by atoms with Crippen molar-refractivity contribution in [3.8, 4) is 0 Å². The van der Waals surface area contributed by atoms with Crippen LogP contribution >= 0.6 is 0 Å². The summed E-state index contributed by atoms with van der Waals surface area (Å²) in [5.41, 5.74) is 5.48. The van der Waals surface area contributed by atoms with Gasteiger partial charge < -0.3 is 0 Å². The van der Waals surface area contributed by atoms with Gasteiger partial charge in [0.05, 0.1) is 5.69 Å². The molecule has 0 aromatic heterocycles. The van der Waals surface area contributed by atoms with Crippen molar-refractivity contribution in [1.82, 2.24) is 0 Å². The van der Waals surface area contributed by atoms with Crippen LogP contribution in [0.5, 0.6) is 0 Å². The third-order valence-electron chi connectivity index (χ3n) is 2.92. The Hall–Kier alpha value is -2.18. The molecule has 0 N–H and O–H groups in total. The van der Waals surface area contributed by atoms with Crippen LogP contribution in [0.15, 0.2) is 47.5 Å². The van der Waals surface area contributed by atoms with Crippen LogP contribution in [0.25, 0.3) is 0 Å². The second kappa shape index (κ2) is 5.44. The Morgan fingerprint density at radius 2 is 1.83 bits per heavy atom. The van der Waals surface area contributed by atoms with Gasteiger partial charge in [-0.1, -0.05) is 42.0 Å². The predicted molar refractivity (Wildman–Crippen MR) is 72.9 cm³/mol. The summed E-state index contributed by atoms with van der Waals surface area (Å²) in [6.45, 7) is 4.05. The van der Waals surface area contributed by atoms with Crippen LogP contribution in [0.2, 0.25) is 0 Å². The van der Waals surface area contributed by atoms with E-state index in [1.54, 1.807) is 6.08 Å². The van der Waals surface area contributed by atoms with Crippen molar-refractivity contribution in [2.24, 2.45) is 4.99 Å². The average Bonchev–Trinajstić information content (AvgIpc) is 2.33. The van der Waals surface area contributed by atoms with E-state index in [0.29, 0.717) is 5.69 Å². The number of aliphatic imine (C=N–C) groups is 1. The molecule has 2 aromatic rings. The molecule has 0 heterocycles. The summed E-state index contributed by atoms with van der Waals surface area (Å²) < 4.78 is 0. The topological polar surface area (TPSA) is 29.4 Å². The standard InChI is InChI=1S/C16H15NO/c1-12-4-3-5-14(8-12)10-15-6-7-16(17-11-18)13(2)9-15/h3-9H,10H2,1-2H3. The summed E-state index contributed by atoms with van der Waals surface area (Å²) in [6, 6.07) is 14.4. The highest BCUT2D eigenvalue weighted by atomic mass is 16.1. The van der Waals surface area contributed by atoms with Crippen molar-refractivity contribution in [2.45, 2.75) is 20.3 Å². The summed E-state index contributed by atoms with van der Waals surface area (Å²) in [5, 5.41) is 0. The fourth-order valence-electron chi connectivity index (χ4n) is 2.06. The van der Waals surface area contributed by atoms with E-state index in [9.17, 15) is 4.79 Å². The molecule has 2 aromatic carbocycles. The number of hydrogen-bond acceptors (Lipinski definition) is 2. The molecular weight excluding hydrogens is 222 g/mol. The van der Waals surface area contributed by atoms with Gasteiger partial charge in [-0.15, -0.1) is 0 Å². The van der Waals surface area contributed by atoms with Crippen LogP contribution in [0.3, 0.4) is 0 Å². The largest absolute Gasteiger partial charge is 0.240 e. The third-order valence-corrected chi connectivity index (χ3v) is 2.92. The lowest BCUT2D eigenvalue weighted by atomic mass is 10.0. The molecule has 0 atom stereocenters. The fourth-order valence-corrected chi connectivity index (χ4v) is 2.06. The number of nitrogens with zero attached hydrogens (tertiary/aromatic N) is 1. The Labute approximate surface area is 107 Å². The molecule has 2 rings (SSSR count). The number of isocyanates is 1. The summed E-state index contributed by atoms with van der Waals surface area (Å²) in [4.78, 5) is 13.9. The normalized spacial score (nSPS) is 9.89. The van der Waals surface area contributed by atoms with Gasteiger partial charge in [0.15, 0.2) is 0 Å². The first-order valence-corrected chi connectivity index (χ1v) is 5.92. The summed E-state index contributed by atoms with van der Waals surface area (Å²) in [7, 11) is 0. The van der Waals surface area contributed by atoms with Gasteiger partial charge in [-0.3, -0.25) is 0 Å². The minimum absolute atomic E-state index is 0.693. The summed E-state index contributed by atoms with van der Waals surface area (Å²) >= 11 is 0. The maximum atomic E-state index is 10.2. The van der Waals surface area contributed by atoms with Crippen LogP contribution in [0.1, 0.15) is 22.3 Å². The zero-order valence-corrected chi connectivity index (χ0v) is 10.6. The molecule has 0 radical (unpaired) electrons. The predicted octanol–water partition coefficient (Wildman–Crippen LogP) is 3.86. The fraction of sp³-hybridized carbons (Fsp3) is 0.188. The lowest BCUT2D eigenvalue weighted by Gasteiger charge is -2.05. The lowest BCUT2D eigenvalue weighted by Crippen LogP contribution is -1.89. The van der Waals surface area contributed by atoms with E-state index in [2.05, 4.69) is 42.2 Å². The smallest absolute Gasteiger partial charge is 0.211 e. The van der Waals surface area contributed by atoms with Crippen molar-refractivity contribution in [1.29, 1.82) is 0 Å². The van der Waals surface area contributed by atoms with Gasteiger partial charge >= 0.3 is 0 Å². The highest BCUT2D eigenvalue weighted by Crippen LogP contribution is 2.21. The van der Waals surface area contributed by atoms with Gasteiger partial charge in [0.1, 0.15) is 0 Å². The minimum atomic E-state index is 0.693. The maximum Gasteiger partial charge on any atom is 0.240 e. The number of benzene rings is 2. The zero-order valence-electron chi connectivity index (χ0n) is 10.6. The van der Waals surface area contributed by atoms with E-state index in [-0.39, 0.29) is 0 Å². The average molecular weight is 237 g/mol.